The Morgan fingerprint density at radius 1 is 1.28 bits per heavy atom. The van der Waals surface area contributed by atoms with E-state index in [9.17, 15) is 14.7 Å². The minimum Gasteiger partial charge on any atom is -0.443 e. The van der Waals surface area contributed by atoms with Crippen molar-refractivity contribution in [1.29, 1.82) is 0 Å². The second-order valence-corrected chi connectivity index (χ2v) is 8.38. The zero-order chi connectivity index (χ0) is 21.4. The van der Waals surface area contributed by atoms with Gasteiger partial charge in [0.1, 0.15) is 6.10 Å². The zero-order valence-electron chi connectivity index (χ0n) is 17.8. The van der Waals surface area contributed by atoms with Gasteiger partial charge in [-0.05, 0) is 18.9 Å². The van der Waals surface area contributed by atoms with E-state index in [4.69, 9.17) is 9.47 Å². The summed E-state index contributed by atoms with van der Waals surface area (Å²) in [6.07, 6.45) is -0.249. The molecular weight excluding hydrogens is 372 g/mol. The van der Waals surface area contributed by atoms with Gasteiger partial charge in [0.2, 0.25) is 0 Å². The molecule has 4 atom stereocenters. The molecule has 1 heterocycles. The van der Waals surface area contributed by atoms with Crippen LogP contribution in [0, 0.1) is 5.41 Å². The highest BCUT2D eigenvalue weighted by Crippen LogP contribution is 2.29. The Bertz CT molecular complexity index is 664. The molecule has 0 aliphatic carbocycles. The third-order valence-corrected chi connectivity index (χ3v) is 5.34. The lowest BCUT2D eigenvalue weighted by molar-refractivity contribution is -0.131. The van der Waals surface area contributed by atoms with E-state index < -0.39 is 24.1 Å². The molecule has 1 saturated heterocycles. The molecule has 0 spiro atoms. The van der Waals surface area contributed by atoms with Crippen molar-refractivity contribution in [3.63, 3.8) is 0 Å². The van der Waals surface area contributed by atoms with E-state index in [1.54, 1.807) is 0 Å². The molecule has 1 aromatic carbocycles. The molecule has 7 nitrogen and oxygen atoms in total. The smallest absolute Gasteiger partial charge is 0.407 e. The van der Waals surface area contributed by atoms with E-state index in [1.807, 2.05) is 58.0 Å². The average molecular weight is 407 g/mol. The molecule has 1 aliphatic rings. The fourth-order valence-corrected chi connectivity index (χ4v) is 3.30. The van der Waals surface area contributed by atoms with Crippen molar-refractivity contribution >= 4 is 12.0 Å². The fraction of sp³-hybridized carbons (Fsp3) is 0.636. The Hall–Kier alpha value is -2.12. The minimum atomic E-state index is -1.37. The molecule has 162 valence electrons. The number of hydrogen-bond donors (Lipinski definition) is 3. The van der Waals surface area contributed by atoms with Gasteiger partial charge in [-0.1, -0.05) is 63.9 Å². The predicted octanol–water partition coefficient (Wildman–Crippen LogP) is 2.93. The summed E-state index contributed by atoms with van der Waals surface area (Å²) in [7, 11) is 0. The lowest BCUT2D eigenvalue weighted by atomic mass is 9.90. The number of carbonyl (C=O) groups is 2. The first-order chi connectivity index (χ1) is 13.7. The Kier molecular flexibility index (Phi) is 8.46. The molecular formula is C22H34N2O5. The Balaban J connectivity index is 1.96. The molecule has 1 fully saturated rings. The monoisotopic (exact) mass is 406 g/mol. The number of unbranched alkanes of at least 4 members (excludes halogenated alkanes) is 1. The van der Waals surface area contributed by atoms with Gasteiger partial charge in [0.15, 0.2) is 6.10 Å². The van der Waals surface area contributed by atoms with Gasteiger partial charge in [-0.25, -0.2) is 4.79 Å². The van der Waals surface area contributed by atoms with Gasteiger partial charge in [0.05, 0.1) is 25.3 Å². The van der Waals surface area contributed by atoms with E-state index in [0.717, 1.165) is 18.4 Å². The maximum absolute atomic E-state index is 12.6. The highest BCUT2D eigenvalue weighted by Gasteiger charge is 2.39. The van der Waals surface area contributed by atoms with Crippen molar-refractivity contribution in [3.05, 3.63) is 35.9 Å². The molecule has 0 bridgehead atoms. The molecule has 2 amide bonds. The van der Waals surface area contributed by atoms with Gasteiger partial charge in [0, 0.05) is 5.41 Å². The van der Waals surface area contributed by atoms with Crippen LogP contribution < -0.4 is 10.6 Å². The van der Waals surface area contributed by atoms with E-state index in [2.05, 4.69) is 10.6 Å². The number of carbonyl (C=O) groups excluding carboxylic acids is 2. The molecule has 0 radical (unpaired) electrons. The van der Waals surface area contributed by atoms with Gasteiger partial charge in [0.25, 0.3) is 5.91 Å². The molecule has 0 saturated carbocycles. The van der Waals surface area contributed by atoms with Crippen LogP contribution in [0.1, 0.15) is 58.6 Å². The van der Waals surface area contributed by atoms with E-state index in [-0.39, 0.29) is 17.6 Å². The van der Waals surface area contributed by atoms with Crippen molar-refractivity contribution in [2.75, 3.05) is 13.2 Å². The van der Waals surface area contributed by atoms with Crippen LogP contribution in [0.3, 0.4) is 0 Å². The first-order valence-corrected chi connectivity index (χ1v) is 10.3. The van der Waals surface area contributed by atoms with Crippen LogP contribution >= 0.6 is 0 Å². The summed E-state index contributed by atoms with van der Waals surface area (Å²) in [6, 6.07) is 8.53. The summed E-state index contributed by atoms with van der Waals surface area (Å²) >= 11 is 0. The van der Waals surface area contributed by atoms with Crippen molar-refractivity contribution in [2.45, 2.75) is 71.2 Å². The van der Waals surface area contributed by atoms with E-state index in [0.29, 0.717) is 19.6 Å². The van der Waals surface area contributed by atoms with Crippen molar-refractivity contribution in [1.82, 2.24) is 10.6 Å². The van der Waals surface area contributed by atoms with E-state index >= 15 is 0 Å². The third-order valence-electron chi connectivity index (χ3n) is 5.34. The van der Waals surface area contributed by atoms with Gasteiger partial charge >= 0.3 is 6.09 Å². The summed E-state index contributed by atoms with van der Waals surface area (Å²) in [5.41, 5.74) is 0.672. The lowest BCUT2D eigenvalue weighted by Crippen LogP contribution is -2.52. The molecule has 1 aromatic rings. The Morgan fingerprint density at radius 3 is 2.55 bits per heavy atom. The molecule has 3 N–H and O–H groups in total. The largest absolute Gasteiger partial charge is 0.443 e. The standard InChI is InChI=1S/C22H34N2O5/c1-5-6-12-17(24-21(27)29-18-13-28-14-22(18,3)4)19(25)20(26)23-15(2)16-10-8-7-9-11-16/h7-11,15,17-19,25H,5-6,12-14H2,1-4H3,(H,23,26)(H,24,27)/t15-,17?,18-,19?/m1/s1. The summed E-state index contributed by atoms with van der Waals surface area (Å²) in [5.74, 6) is -0.521. The van der Waals surface area contributed by atoms with Crippen LogP contribution in [0.4, 0.5) is 4.79 Å². The summed E-state index contributed by atoms with van der Waals surface area (Å²) in [6.45, 7) is 8.67. The number of hydrogen-bond acceptors (Lipinski definition) is 5. The van der Waals surface area contributed by atoms with Gasteiger partial charge in [-0.3, -0.25) is 4.79 Å². The quantitative estimate of drug-likeness (QED) is 0.586. The zero-order valence-corrected chi connectivity index (χ0v) is 17.8. The number of rotatable bonds is 9. The number of nitrogens with one attached hydrogen (secondary N) is 2. The first kappa shape index (κ1) is 23.2. The number of amides is 2. The lowest BCUT2D eigenvalue weighted by Gasteiger charge is -2.28. The first-order valence-electron chi connectivity index (χ1n) is 10.3. The Morgan fingerprint density at radius 2 is 1.97 bits per heavy atom. The topological polar surface area (TPSA) is 96.9 Å². The van der Waals surface area contributed by atoms with Crippen LogP contribution in [0.5, 0.6) is 0 Å². The number of aliphatic hydroxyl groups is 1. The molecule has 1 aliphatic heterocycles. The van der Waals surface area contributed by atoms with Gasteiger partial charge in [-0.15, -0.1) is 0 Å². The van der Waals surface area contributed by atoms with Crippen molar-refractivity contribution in [3.8, 4) is 0 Å². The summed E-state index contributed by atoms with van der Waals surface area (Å²) in [5, 5.41) is 16.1. The maximum atomic E-state index is 12.6. The average Bonchev–Trinajstić information content (AvgIpc) is 3.02. The van der Waals surface area contributed by atoms with Crippen LogP contribution in [0.2, 0.25) is 0 Å². The number of aliphatic hydroxyl groups excluding tert-OH is 1. The highest BCUT2D eigenvalue weighted by molar-refractivity contribution is 5.82. The summed E-state index contributed by atoms with van der Waals surface area (Å²) < 4.78 is 10.9. The number of alkyl carbamates (subject to hydrolysis) is 1. The predicted molar refractivity (Wildman–Crippen MR) is 110 cm³/mol. The molecule has 2 unspecified atom stereocenters. The van der Waals surface area contributed by atoms with Crippen molar-refractivity contribution in [2.24, 2.45) is 5.41 Å². The van der Waals surface area contributed by atoms with Gasteiger partial charge < -0.3 is 25.2 Å². The van der Waals surface area contributed by atoms with Crippen LogP contribution in [0.25, 0.3) is 0 Å². The molecule has 7 heteroatoms. The van der Waals surface area contributed by atoms with Crippen LogP contribution in [0.15, 0.2) is 30.3 Å². The SMILES string of the molecule is CCCCC(NC(=O)O[C@@H]1COCC1(C)C)C(O)C(=O)N[C@H](C)c1ccccc1. The van der Waals surface area contributed by atoms with Crippen molar-refractivity contribution < 1.29 is 24.2 Å². The normalized spacial score (nSPS) is 21.1. The second-order valence-electron chi connectivity index (χ2n) is 8.38. The number of benzene rings is 1. The molecule has 2 rings (SSSR count). The summed E-state index contributed by atoms with van der Waals surface area (Å²) in [4.78, 5) is 25.0. The second kappa shape index (κ2) is 10.6. The third kappa shape index (κ3) is 6.72. The Labute approximate surface area is 173 Å². The highest BCUT2D eigenvalue weighted by atomic mass is 16.6. The maximum Gasteiger partial charge on any atom is 0.407 e. The number of ether oxygens (including phenoxy) is 2. The van der Waals surface area contributed by atoms with Crippen LogP contribution in [-0.2, 0) is 14.3 Å². The van der Waals surface area contributed by atoms with E-state index in [1.165, 1.54) is 0 Å². The fourth-order valence-electron chi connectivity index (χ4n) is 3.30. The molecule has 0 aromatic heterocycles. The molecule has 29 heavy (non-hydrogen) atoms. The minimum absolute atomic E-state index is 0.256. The van der Waals surface area contributed by atoms with Crippen LogP contribution in [-0.4, -0.2) is 48.6 Å². The van der Waals surface area contributed by atoms with Gasteiger partial charge in [-0.2, -0.15) is 0 Å².